The normalized spacial score (nSPS) is 12.0. The summed E-state index contributed by atoms with van der Waals surface area (Å²) >= 11 is 0. The van der Waals surface area contributed by atoms with Crippen molar-refractivity contribution in [3.63, 3.8) is 0 Å². The first-order chi connectivity index (χ1) is 11.6. The lowest BCUT2D eigenvalue weighted by molar-refractivity contribution is 0.0903. The Kier molecular flexibility index (Phi) is 6.81. The number of benzene rings is 1. The summed E-state index contributed by atoms with van der Waals surface area (Å²) in [5, 5.41) is 2.87. The average molecular weight is 334 g/mol. The summed E-state index contributed by atoms with van der Waals surface area (Å²) in [6.45, 7) is 2.65. The van der Waals surface area contributed by atoms with Crippen molar-refractivity contribution >= 4 is 5.91 Å². The Bertz CT molecular complexity index is 640. The molecule has 1 unspecified atom stereocenters. The van der Waals surface area contributed by atoms with Crippen LogP contribution in [-0.4, -0.2) is 18.5 Å². The minimum absolute atomic E-state index is 0.0542. The Morgan fingerprint density at radius 3 is 2.71 bits per heavy atom. The highest BCUT2D eigenvalue weighted by Crippen LogP contribution is 2.15. The van der Waals surface area contributed by atoms with Crippen LogP contribution in [0.4, 0.5) is 4.39 Å². The second-order valence-electron chi connectivity index (χ2n) is 5.56. The Balaban J connectivity index is 1.87. The number of halogens is 1. The van der Waals surface area contributed by atoms with E-state index in [0.717, 1.165) is 19.3 Å². The second kappa shape index (κ2) is 9.08. The molecule has 0 saturated carbocycles. The van der Waals surface area contributed by atoms with Crippen LogP contribution in [0.3, 0.4) is 0 Å². The van der Waals surface area contributed by atoms with Gasteiger partial charge < -0.3 is 20.2 Å². The molecule has 3 N–H and O–H groups in total. The molecule has 0 aliphatic rings. The first kappa shape index (κ1) is 18.0. The third-order valence-electron chi connectivity index (χ3n) is 3.61. The Labute approximate surface area is 141 Å². The van der Waals surface area contributed by atoms with Crippen LogP contribution < -0.4 is 15.8 Å². The maximum absolute atomic E-state index is 12.8. The first-order valence-electron chi connectivity index (χ1n) is 8.10. The molecule has 0 aliphatic heterocycles. The zero-order chi connectivity index (χ0) is 17.4. The van der Waals surface area contributed by atoms with Crippen molar-refractivity contribution < 1.29 is 18.3 Å². The van der Waals surface area contributed by atoms with Crippen LogP contribution in [-0.2, 0) is 6.61 Å². The summed E-state index contributed by atoms with van der Waals surface area (Å²) in [5.74, 6) is 0.665. The van der Waals surface area contributed by atoms with Gasteiger partial charge in [0.05, 0.1) is 0 Å². The van der Waals surface area contributed by atoms with Gasteiger partial charge in [-0.25, -0.2) is 4.39 Å². The lowest BCUT2D eigenvalue weighted by atomic mass is 10.1. The van der Waals surface area contributed by atoms with Crippen LogP contribution >= 0.6 is 0 Å². The molecule has 0 bridgehead atoms. The fourth-order valence-corrected chi connectivity index (χ4v) is 2.22. The number of furan rings is 1. The highest BCUT2D eigenvalue weighted by atomic mass is 19.1. The molecule has 1 atom stereocenters. The topological polar surface area (TPSA) is 77.5 Å². The molecule has 5 nitrogen and oxygen atoms in total. The number of hydrogen-bond donors (Lipinski definition) is 2. The molecule has 1 amide bonds. The Morgan fingerprint density at radius 1 is 1.29 bits per heavy atom. The molecule has 0 spiro atoms. The molecule has 0 fully saturated rings. The van der Waals surface area contributed by atoms with Gasteiger partial charge in [0.2, 0.25) is 0 Å². The smallest absolute Gasteiger partial charge is 0.287 e. The molecule has 1 aromatic heterocycles. The van der Waals surface area contributed by atoms with E-state index >= 15 is 0 Å². The van der Waals surface area contributed by atoms with Crippen molar-refractivity contribution in [1.29, 1.82) is 0 Å². The molecule has 2 aromatic rings. The van der Waals surface area contributed by atoms with Gasteiger partial charge in [-0.3, -0.25) is 4.79 Å². The highest BCUT2D eigenvalue weighted by Gasteiger charge is 2.15. The molecule has 130 valence electrons. The Morgan fingerprint density at radius 2 is 2.04 bits per heavy atom. The standard InChI is InChI=1S/C18H23FN2O3/c1-2-3-4-14(11-20)21-18(22)17-10-9-16(24-17)12-23-15-7-5-13(19)6-8-15/h5-10,14H,2-4,11-12,20H2,1H3,(H,21,22). The van der Waals surface area contributed by atoms with E-state index in [2.05, 4.69) is 12.2 Å². The van der Waals surface area contributed by atoms with Gasteiger partial charge in [-0.2, -0.15) is 0 Å². The van der Waals surface area contributed by atoms with E-state index in [1.807, 2.05) is 0 Å². The monoisotopic (exact) mass is 334 g/mol. The summed E-state index contributed by atoms with van der Waals surface area (Å²) < 4.78 is 23.8. The van der Waals surface area contributed by atoms with E-state index in [9.17, 15) is 9.18 Å². The molecule has 0 aliphatic carbocycles. The fraction of sp³-hybridized carbons (Fsp3) is 0.389. The fourth-order valence-electron chi connectivity index (χ4n) is 2.22. The average Bonchev–Trinajstić information content (AvgIpc) is 3.07. The van der Waals surface area contributed by atoms with Crippen molar-refractivity contribution in [1.82, 2.24) is 5.32 Å². The summed E-state index contributed by atoms with van der Waals surface area (Å²) in [7, 11) is 0. The lowest BCUT2D eigenvalue weighted by Gasteiger charge is -2.15. The molecule has 0 radical (unpaired) electrons. The van der Waals surface area contributed by atoms with Gasteiger partial charge in [0.25, 0.3) is 5.91 Å². The molecular formula is C18H23FN2O3. The van der Waals surface area contributed by atoms with Gasteiger partial charge in [0, 0.05) is 12.6 Å². The minimum Gasteiger partial charge on any atom is -0.486 e. The predicted molar refractivity (Wildman–Crippen MR) is 89.3 cm³/mol. The van der Waals surface area contributed by atoms with Gasteiger partial charge in [-0.15, -0.1) is 0 Å². The van der Waals surface area contributed by atoms with E-state index in [-0.39, 0.29) is 30.1 Å². The number of amides is 1. The van der Waals surface area contributed by atoms with Crippen molar-refractivity contribution in [2.24, 2.45) is 5.73 Å². The maximum Gasteiger partial charge on any atom is 0.287 e. The third-order valence-corrected chi connectivity index (χ3v) is 3.61. The van der Waals surface area contributed by atoms with Crippen LogP contribution in [0.5, 0.6) is 5.75 Å². The van der Waals surface area contributed by atoms with Gasteiger partial charge in [-0.05, 0) is 42.8 Å². The van der Waals surface area contributed by atoms with Crippen LogP contribution in [0.25, 0.3) is 0 Å². The zero-order valence-corrected chi connectivity index (χ0v) is 13.8. The predicted octanol–water partition coefficient (Wildman–Crippen LogP) is 3.25. The van der Waals surface area contributed by atoms with E-state index in [4.69, 9.17) is 14.9 Å². The number of nitrogens with one attached hydrogen (secondary N) is 1. The largest absolute Gasteiger partial charge is 0.486 e. The van der Waals surface area contributed by atoms with Crippen molar-refractivity contribution in [2.75, 3.05) is 6.54 Å². The van der Waals surface area contributed by atoms with E-state index in [0.29, 0.717) is 18.1 Å². The van der Waals surface area contributed by atoms with E-state index in [1.165, 1.54) is 24.3 Å². The molecule has 2 rings (SSSR count). The quantitative estimate of drug-likeness (QED) is 0.738. The lowest BCUT2D eigenvalue weighted by Crippen LogP contribution is -2.40. The number of hydrogen-bond acceptors (Lipinski definition) is 4. The molecule has 1 heterocycles. The number of rotatable bonds is 9. The Hall–Kier alpha value is -2.34. The van der Waals surface area contributed by atoms with Gasteiger partial charge in [0.15, 0.2) is 5.76 Å². The second-order valence-corrected chi connectivity index (χ2v) is 5.56. The number of ether oxygens (including phenoxy) is 1. The summed E-state index contributed by atoms with van der Waals surface area (Å²) in [4.78, 5) is 12.2. The van der Waals surface area contributed by atoms with Crippen molar-refractivity contribution in [3.8, 4) is 5.75 Å². The molecule has 1 aromatic carbocycles. The third kappa shape index (κ3) is 5.38. The van der Waals surface area contributed by atoms with Crippen LogP contribution in [0.15, 0.2) is 40.8 Å². The van der Waals surface area contributed by atoms with Crippen molar-refractivity contribution in [3.05, 3.63) is 53.7 Å². The van der Waals surface area contributed by atoms with Crippen LogP contribution in [0.2, 0.25) is 0 Å². The van der Waals surface area contributed by atoms with Crippen LogP contribution in [0.1, 0.15) is 42.5 Å². The van der Waals surface area contributed by atoms with E-state index < -0.39 is 0 Å². The number of carbonyl (C=O) groups is 1. The summed E-state index contributed by atoms with van der Waals surface area (Å²) in [6.07, 6.45) is 2.91. The molecule has 24 heavy (non-hydrogen) atoms. The first-order valence-corrected chi connectivity index (χ1v) is 8.10. The summed E-state index contributed by atoms with van der Waals surface area (Å²) in [6, 6.07) is 8.94. The maximum atomic E-state index is 12.8. The van der Waals surface area contributed by atoms with Crippen LogP contribution in [0, 0.1) is 5.82 Å². The summed E-state index contributed by atoms with van der Waals surface area (Å²) in [5.41, 5.74) is 5.68. The molecule has 6 heteroatoms. The molecular weight excluding hydrogens is 311 g/mol. The van der Waals surface area contributed by atoms with Crippen molar-refractivity contribution in [2.45, 2.75) is 38.8 Å². The van der Waals surface area contributed by atoms with Gasteiger partial charge in [0.1, 0.15) is 23.9 Å². The molecule has 0 saturated heterocycles. The zero-order valence-electron chi connectivity index (χ0n) is 13.8. The number of unbranched alkanes of at least 4 members (excludes halogenated alkanes) is 1. The van der Waals surface area contributed by atoms with Gasteiger partial charge in [-0.1, -0.05) is 19.8 Å². The minimum atomic E-state index is -0.322. The van der Waals surface area contributed by atoms with E-state index in [1.54, 1.807) is 12.1 Å². The number of nitrogens with two attached hydrogens (primary N) is 1. The SMILES string of the molecule is CCCCC(CN)NC(=O)c1ccc(COc2ccc(F)cc2)o1. The number of carbonyl (C=O) groups excluding carboxylic acids is 1. The van der Waals surface area contributed by atoms with Gasteiger partial charge >= 0.3 is 0 Å². The highest BCUT2D eigenvalue weighted by molar-refractivity contribution is 5.91.